The highest BCUT2D eigenvalue weighted by Crippen LogP contribution is 2.18. The van der Waals surface area contributed by atoms with E-state index < -0.39 is 0 Å². The SMILES string of the molecule is Cc1cc(C)c(CN2CCCNCC2)c(C)c1.Cl. The third-order valence-corrected chi connectivity index (χ3v) is 3.65. The van der Waals surface area contributed by atoms with Crippen LogP contribution in [0.25, 0.3) is 0 Å². The molecule has 1 aliphatic heterocycles. The van der Waals surface area contributed by atoms with Gasteiger partial charge in [0, 0.05) is 19.6 Å². The molecule has 1 heterocycles. The van der Waals surface area contributed by atoms with E-state index in [0.29, 0.717) is 0 Å². The summed E-state index contributed by atoms with van der Waals surface area (Å²) in [6.45, 7) is 12.5. The zero-order valence-corrected chi connectivity index (χ0v) is 12.6. The molecule has 2 nitrogen and oxygen atoms in total. The molecule has 18 heavy (non-hydrogen) atoms. The highest BCUT2D eigenvalue weighted by Gasteiger charge is 2.12. The molecule has 0 unspecified atom stereocenters. The Morgan fingerprint density at radius 3 is 2.39 bits per heavy atom. The molecule has 1 aromatic rings. The van der Waals surface area contributed by atoms with Gasteiger partial charge in [-0.05, 0) is 57.0 Å². The number of benzene rings is 1. The van der Waals surface area contributed by atoms with Crippen molar-refractivity contribution in [1.29, 1.82) is 0 Å². The monoisotopic (exact) mass is 268 g/mol. The molecule has 3 heteroatoms. The minimum absolute atomic E-state index is 0. The van der Waals surface area contributed by atoms with Gasteiger partial charge in [-0.3, -0.25) is 4.90 Å². The number of aryl methyl sites for hydroxylation is 3. The molecule has 0 radical (unpaired) electrons. The fraction of sp³-hybridized carbons (Fsp3) is 0.600. The Bertz CT molecular complexity index is 359. The average molecular weight is 269 g/mol. The van der Waals surface area contributed by atoms with E-state index in [1.807, 2.05) is 0 Å². The zero-order chi connectivity index (χ0) is 12.3. The summed E-state index contributed by atoms with van der Waals surface area (Å²) in [6, 6.07) is 4.61. The van der Waals surface area contributed by atoms with Crippen LogP contribution in [0.2, 0.25) is 0 Å². The maximum absolute atomic E-state index is 3.46. The predicted octanol–water partition coefficient (Wildman–Crippen LogP) is 2.83. The van der Waals surface area contributed by atoms with E-state index in [0.717, 1.165) is 13.1 Å². The molecule has 0 amide bonds. The summed E-state index contributed by atoms with van der Waals surface area (Å²) in [7, 11) is 0. The van der Waals surface area contributed by atoms with Gasteiger partial charge in [-0.2, -0.15) is 0 Å². The van der Waals surface area contributed by atoms with Gasteiger partial charge >= 0.3 is 0 Å². The van der Waals surface area contributed by atoms with Gasteiger partial charge in [0.05, 0.1) is 0 Å². The second-order valence-electron chi connectivity index (χ2n) is 5.26. The first-order valence-electron chi connectivity index (χ1n) is 6.66. The Hall–Kier alpha value is -0.570. The molecule has 1 aromatic carbocycles. The van der Waals surface area contributed by atoms with Gasteiger partial charge in [0.2, 0.25) is 0 Å². The van der Waals surface area contributed by atoms with Gasteiger partial charge in [-0.15, -0.1) is 12.4 Å². The molecule has 0 spiro atoms. The first-order valence-corrected chi connectivity index (χ1v) is 6.66. The van der Waals surface area contributed by atoms with Crippen molar-refractivity contribution in [3.63, 3.8) is 0 Å². The third-order valence-electron chi connectivity index (χ3n) is 3.65. The van der Waals surface area contributed by atoms with E-state index in [4.69, 9.17) is 0 Å². The standard InChI is InChI=1S/C15H24N2.ClH/c1-12-9-13(2)15(14(3)10-12)11-17-7-4-5-16-6-8-17;/h9-10,16H,4-8,11H2,1-3H3;1H. The summed E-state index contributed by atoms with van der Waals surface area (Å²) in [5.74, 6) is 0. The Labute approximate surface area is 117 Å². The molecule has 0 aliphatic carbocycles. The van der Waals surface area contributed by atoms with E-state index in [9.17, 15) is 0 Å². The molecule has 0 bridgehead atoms. The number of hydrogen-bond donors (Lipinski definition) is 1. The fourth-order valence-electron chi connectivity index (χ4n) is 2.74. The highest BCUT2D eigenvalue weighted by atomic mass is 35.5. The van der Waals surface area contributed by atoms with Crippen LogP contribution in [0.5, 0.6) is 0 Å². The van der Waals surface area contributed by atoms with Crippen molar-refractivity contribution in [2.24, 2.45) is 0 Å². The molecule has 0 aromatic heterocycles. The van der Waals surface area contributed by atoms with Crippen LogP contribution < -0.4 is 5.32 Å². The van der Waals surface area contributed by atoms with E-state index in [2.05, 4.69) is 43.1 Å². The van der Waals surface area contributed by atoms with Crippen molar-refractivity contribution in [3.8, 4) is 0 Å². The first kappa shape index (κ1) is 15.5. The van der Waals surface area contributed by atoms with Crippen molar-refractivity contribution in [1.82, 2.24) is 10.2 Å². The van der Waals surface area contributed by atoms with E-state index in [1.54, 1.807) is 0 Å². The largest absolute Gasteiger partial charge is 0.315 e. The molecule has 2 rings (SSSR count). The van der Waals surface area contributed by atoms with Crippen LogP contribution in [-0.4, -0.2) is 31.1 Å². The van der Waals surface area contributed by atoms with Gasteiger partial charge in [0.25, 0.3) is 0 Å². The lowest BCUT2D eigenvalue weighted by Crippen LogP contribution is -2.28. The first-order chi connectivity index (χ1) is 8.16. The second kappa shape index (κ2) is 7.13. The van der Waals surface area contributed by atoms with Gasteiger partial charge in [-0.25, -0.2) is 0 Å². The maximum Gasteiger partial charge on any atom is 0.0239 e. The topological polar surface area (TPSA) is 15.3 Å². The summed E-state index contributed by atoms with van der Waals surface area (Å²) in [4.78, 5) is 2.57. The molecule has 1 N–H and O–H groups in total. The molecular formula is C15H25ClN2. The van der Waals surface area contributed by atoms with Gasteiger partial charge in [0.15, 0.2) is 0 Å². The van der Waals surface area contributed by atoms with Crippen LogP contribution in [0.4, 0.5) is 0 Å². The molecule has 1 aliphatic rings. The lowest BCUT2D eigenvalue weighted by molar-refractivity contribution is 0.283. The summed E-state index contributed by atoms with van der Waals surface area (Å²) in [6.07, 6.45) is 1.27. The van der Waals surface area contributed by atoms with E-state index in [1.165, 1.54) is 48.3 Å². The Balaban J connectivity index is 0.00000162. The molecule has 0 saturated carbocycles. The van der Waals surface area contributed by atoms with Crippen LogP contribution in [0.15, 0.2) is 12.1 Å². The summed E-state index contributed by atoms with van der Waals surface area (Å²) >= 11 is 0. The lowest BCUT2D eigenvalue weighted by atomic mass is 9.99. The molecule has 1 fully saturated rings. The van der Waals surface area contributed by atoms with Crippen molar-refractivity contribution < 1.29 is 0 Å². The van der Waals surface area contributed by atoms with Crippen molar-refractivity contribution in [2.45, 2.75) is 33.7 Å². The normalized spacial score (nSPS) is 17.1. The zero-order valence-electron chi connectivity index (χ0n) is 11.8. The van der Waals surface area contributed by atoms with E-state index in [-0.39, 0.29) is 12.4 Å². The van der Waals surface area contributed by atoms with Crippen LogP contribution in [0, 0.1) is 20.8 Å². The van der Waals surface area contributed by atoms with Crippen molar-refractivity contribution >= 4 is 12.4 Å². The van der Waals surface area contributed by atoms with Crippen LogP contribution in [0.3, 0.4) is 0 Å². The van der Waals surface area contributed by atoms with E-state index >= 15 is 0 Å². The number of hydrogen-bond acceptors (Lipinski definition) is 2. The average Bonchev–Trinajstić information content (AvgIpc) is 2.51. The van der Waals surface area contributed by atoms with Gasteiger partial charge in [0.1, 0.15) is 0 Å². The molecule has 1 saturated heterocycles. The Kier molecular flexibility index (Phi) is 6.13. The Morgan fingerprint density at radius 1 is 1.06 bits per heavy atom. The molecular weight excluding hydrogens is 244 g/mol. The maximum atomic E-state index is 3.46. The van der Waals surface area contributed by atoms with Crippen molar-refractivity contribution in [2.75, 3.05) is 26.2 Å². The summed E-state index contributed by atoms with van der Waals surface area (Å²) in [5.41, 5.74) is 5.79. The minimum atomic E-state index is 0. The lowest BCUT2D eigenvalue weighted by Gasteiger charge is -2.22. The van der Waals surface area contributed by atoms with Crippen molar-refractivity contribution in [3.05, 3.63) is 34.4 Å². The number of halogens is 1. The number of nitrogens with one attached hydrogen (secondary N) is 1. The van der Waals surface area contributed by atoms with Gasteiger partial charge in [-0.1, -0.05) is 17.7 Å². The quantitative estimate of drug-likeness (QED) is 0.887. The number of rotatable bonds is 2. The smallest absolute Gasteiger partial charge is 0.0239 e. The highest BCUT2D eigenvalue weighted by molar-refractivity contribution is 5.85. The van der Waals surface area contributed by atoms with Gasteiger partial charge < -0.3 is 5.32 Å². The molecule has 102 valence electrons. The summed E-state index contributed by atoms with van der Waals surface area (Å²) < 4.78 is 0. The van der Waals surface area contributed by atoms with Crippen LogP contribution in [0.1, 0.15) is 28.7 Å². The fourth-order valence-corrected chi connectivity index (χ4v) is 2.74. The van der Waals surface area contributed by atoms with Crippen LogP contribution in [-0.2, 0) is 6.54 Å². The third kappa shape index (κ3) is 3.98. The number of nitrogens with zero attached hydrogens (tertiary/aromatic N) is 1. The predicted molar refractivity (Wildman–Crippen MR) is 80.7 cm³/mol. The Morgan fingerprint density at radius 2 is 1.72 bits per heavy atom. The second-order valence-corrected chi connectivity index (χ2v) is 5.26. The molecule has 0 atom stereocenters. The summed E-state index contributed by atoms with van der Waals surface area (Å²) in [5, 5.41) is 3.46. The minimum Gasteiger partial charge on any atom is -0.315 e. The van der Waals surface area contributed by atoms with Crippen LogP contribution >= 0.6 is 12.4 Å².